The zero-order valence-electron chi connectivity index (χ0n) is 16.5. The van der Waals surface area contributed by atoms with Gasteiger partial charge in [0.1, 0.15) is 11.5 Å². The van der Waals surface area contributed by atoms with Crippen LogP contribution in [0, 0.1) is 11.3 Å². The predicted molar refractivity (Wildman–Crippen MR) is 101 cm³/mol. The molecule has 1 aliphatic heterocycles. The summed E-state index contributed by atoms with van der Waals surface area (Å²) in [6, 6.07) is 5.95. The van der Waals surface area contributed by atoms with Crippen molar-refractivity contribution in [1.82, 2.24) is 4.90 Å². The molecule has 6 nitrogen and oxygen atoms in total. The second-order valence-corrected chi connectivity index (χ2v) is 8.63. The van der Waals surface area contributed by atoms with Gasteiger partial charge in [0, 0.05) is 0 Å². The average molecular weight is 375 g/mol. The van der Waals surface area contributed by atoms with Gasteiger partial charge in [-0.05, 0) is 49.1 Å². The maximum atomic E-state index is 13.4. The Bertz CT molecular complexity index is 716. The second kappa shape index (κ2) is 7.15. The van der Waals surface area contributed by atoms with Crippen LogP contribution in [0.3, 0.4) is 0 Å². The SMILES string of the molecule is COc1ccccc1C(=O)N1[C@@H](C(=O)O)COC12CCC(C(C)(C)C)CC2. The smallest absolute Gasteiger partial charge is 0.328 e. The van der Waals surface area contributed by atoms with Crippen molar-refractivity contribution in [1.29, 1.82) is 0 Å². The van der Waals surface area contributed by atoms with Gasteiger partial charge in [-0.15, -0.1) is 0 Å². The molecule has 1 aliphatic carbocycles. The molecule has 3 rings (SSSR count). The standard InChI is InChI=1S/C21H29NO5/c1-20(2,3)14-9-11-21(12-10-14)22(16(13-27-21)19(24)25)18(23)15-7-5-6-8-17(15)26-4/h5-8,14,16H,9-13H2,1-4H3,(H,24,25)/t14?,16-,21?/m1/s1. The zero-order chi connectivity index (χ0) is 19.8. The third kappa shape index (κ3) is 3.55. The molecular formula is C21H29NO5. The number of aliphatic carboxylic acids is 1. The Hall–Kier alpha value is -2.08. The van der Waals surface area contributed by atoms with Crippen LogP contribution in [0.2, 0.25) is 0 Å². The Kier molecular flexibility index (Phi) is 5.21. The summed E-state index contributed by atoms with van der Waals surface area (Å²) >= 11 is 0. The van der Waals surface area contributed by atoms with E-state index in [4.69, 9.17) is 9.47 Å². The molecule has 2 aliphatic rings. The van der Waals surface area contributed by atoms with E-state index in [1.807, 2.05) is 0 Å². The largest absolute Gasteiger partial charge is 0.496 e. The Morgan fingerprint density at radius 1 is 1.22 bits per heavy atom. The van der Waals surface area contributed by atoms with E-state index in [9.17, 15) is 14.7 Å². The summed E-state index contributed by atoms with van der Waals surface area (Å²) in [6.45, 7) is 6.70. The molecule has 2 fully saturated rings. The number of nitrogens with zero attached hydrogens (tertiary/aromatic N) is 1. The quantitative estimate of drug-likeness (QED) is 0.874. The Labute approximate surface area is 160 Å². The molecular weight excluding hydrogens is 346 g/mol. The Balaban J connectivity index is 1.93. The Morgan fingerprint density at radius 3 is 2.41 bits per heavy atom. The zero-order valence-corrected chi connectivity index (χ0v) is 16.5. The van der Waals surface area contributed by atoms with Gasteiger partial charge in [-0.3, -0.25) is 9.69 Å². The van der Waals surface area contributed by atoms with Crippen LogP contribution in [-0.4, -0.2) is 47.4 Å². The number of hydrogen-bond acceptors (Lipinski definition) is 4. The van der Waals surface area contributed by atoms with Crippen LogP contribution in [0.1, 0.15) is 56.8 Å². The average Bonchev–Trinajstić information content (AvgIpc) is 2.99. The lowest BCUT2D eigenvalue weighted by Crippen LogP contribution is -2.55. The highest BCUT2D eigenvalue weighted by molar-refractivity contribution is 5.99. The lowest BCUT2D eigenvalue weighted by molar-refractivity contribution is -0.144. The fourth-order valence-corrected chi connectivity index (χ4v) is 4.44. The number of carbonyl (C=O) groups excluding carboxylic acids is 1. The van der Waals surface area contributed by atoms with Crippen molar-refractivity contribution in [3.63, 3.8) is 0 Å². The number of amides is 1. The second-order valence-electron chi connectivity index (χ2n) is 8.63. The molecule has 1 atom stereocenters. The minimum atomic E-state index is -1.03. The van der Waals surface area contributed by atoms with Crippen molar-refractivity contribution in [3.8, 4) is 5.75 Å². The molecule has 0 bridgehead atoms. The summed E-state index contributed by atoms with van der Waals surface area (Å²) in [6.07, 6.45) is 3.12. The first-order valence-electron chi connectivity index (χ1n) is 9.53. The molecule has 0 radical (unpaired) electrons. The number of ether oxygens (including phenoxy) is 2. The van der Waals surface area contributed by atoms with Crippen LogP contribution < -0.4 is 4.74 Å². The van der Waals surface area contributed by atoms with E-state index in [1.165, 1.54) is 12.0 Å². The van der Waals surface area contributed by atoms with Crippen LogP contribution >= 0.6 is 0 Å². The molecule has 27 heavy (non-hydrogen) atoms. The monoisotopic (exact) mass is 375 g/mol. The first-order chi connectivity index (χ1) is 12.7. The number of carboxylic acids is 1. The number of hydrogen-bond donors (Lipinski definition) is 1. The van der Waals surface area contributed by atoms with Crippen LogP contribution in [0.25, 0.3) is 0 Å². The maximum Gasteiger partial charge on any atom is 0.328 e. The molecule has 1 N–H and O–H groups in total. The van der Waals surface area contributed by atoms with Gasteiger partial charge in [-0.2, -0.15) is 0 Å². The molecule has 1 saturated heterocycles. The molecule has 1 amide bonds. The van der Waals surface area contributed by atoms with Crippen molar-refractivity contribution < 1.29 is 24.2 Å². The molecule has 1 aromatic rings. The minimum Gasteiger partial charge on any atom is -0.496 e. The summed E-state index contributed by atoms with van der Waals surface area (Å²) in [4.78, 5) is 26.7. The number of carbonyl (C=O) groups is 2. The summed E-state index contributed by atoms with van der Waals surface area (Å²) in [5.41, 5.74) is -0.291. The molecule has 1 spiro atoms. The predicted octanol–water partition coefficient (Wildman–Crippen LogP) is 3.55. The van der Waals surface area contributed by atoms with E-state index < -0.39 is 17.7 Å². The highest BCUT2D eigenvalue weighted by atomic mass is 16.5. The van der Waals surface area contributed by atoms with E-state index >= 15 is 0 Å². The van der Waals surface area contributed by atoms with Gasteiger partial charge in [0.25, 0.3) is 5.91 Å². The highest BCUT2D eigenvalue weighted by Gasteiger charge is 2.55. The normalized spacial score (nSPS) is 28.4. The lowest BCUT2D eigenvalue weighted by atomic mass is 9.70. The molecule has 6 heteroatoms. The third-order valence-corrected chi connectivity index (χ3v) is 6.09. The van der Waals surface area contributed by atoms with Crippen LogP contribution in [0.4, 0.5) is 0 Å². The third-order valence-electron chi connectivity index (χ3n) is 6.09. The van der Waals surface area contributed by atoms with E-state index in [0.29, 0.717) is 30.1 Å². The van der Waals surface area contributed by atoms with Crippen LogP contribution in [0.15, 0.2) is 24.3 Å². The Morgan fingerprint density at radius 2 is 1.85 bits per heavy atom. The number of benzene rings is 1. The van der Waals surface area contributed by atoms with Crippen molar-refractivity contribution in [2.75, 3.05) is 13.7 Å². The van der Waals surface area contributed by atoms with Gasteiger partial charge < -0.3 is 14.6 Å². The minimum absolute atomic E-state index is 0.0242. The van der Waals surface area contributed by atoms with Gasteiger partial charge in [-0.25, -0.2) is 4.79 Å². The fraction of sp³-hybridized carbons (Fsp3) is 0.619. The molecule has 1 aromatic carbocycles. The summed E-state index contributed by atoms with van der Waals surface area (Å²) in [5, 5.41) is 9.70. The molecule has 1 heterocycles. The van der Waals surface area contributed by atoms with Gasteiger partial charge in [0.15, 0.2) is 6.04 Å². The van der Waals surface area contributed by atoms with Gasteiger partial charge in [0.2, 0.25) is 0 Å². The summed E-state index contributed by atoms with van der Waals surface area (Å²) in [7, 11) is 1.51. The number of methoxy groups -OCH3 is 1. The topological polar surface area (TPSA) is 76.1 Å². The van der Waals surface area contributed by atoms with Gasteiger partial charge in [0.05, 0.1) is 19.3 Å². The van der Waals surface area contributed by atoms with Crippen LogP contribution in [-0.2, 0) is 9.53 Å². The number of rotatable bonds is 3. The van der Waals surface area contributed by atoms with E-state index in [1.54, 1.807) is 24.3 Å². The number of para-hydroxylation sites is 1. The lowest BCUT2D eigenvalue weighted by Gasteiger charge is -2.46. The molecule has 0 aromatic heterocycles. The first kappa shape index (κ1) is 19.7. The van der Waals surface area contributed by atoms with E-state index in [-0.39, 0.29) is 17.9 Å². The number of carboxylic acid groups (broad SMARTS) is 1. The molecule has 1 saturated carbocycles. The van der Waals surface area contributed by atoms with E-state index in [2.05, 4.69) is 20.8 Å². The first-order valence-corrected chi connectivity index (χ1v) is 9.53. The van der Waals surface area contributed by atoms with Crippen molar-refractivity contribution in [2.24, 2.45) is 11.3 Å². The van der Waals surface area contributed by atoms with Crippen molar-refractivity contribution >= 4 is 11.9 Å². The summed E-state index contributed by atoms with van der Waals surface area (Å²) in [5.74, 6) is -0.407. The van der Waals surface area contributed by atoms with Crippen LogP contribution in [0.5, 0.6) is 5.75 Å². The molecule has 148 valence electrons. The maximum absolute atomic E-state index is 13.4. The van der Waals surface area contributed by atoms with Crippen molar-refractivity contribution in [2.45, 2.75) is 58.2 Å². The highest BCUT2D eigenvalue weighted by Crippen LogP contribution is 2.47. The van der Waals surface area contributed by atoms with Gasteiger partial charge in [-0.1, -0.05) is 32.9 Å². The fourth-order valence-electron chi connectivity index (χ4n) is 4.44. The van der Waals surface area contributed by atoms with E-state index in [0.717, 1.165) is 12.8 Å². The van der Waals surface area contributed by atoms with Gasteiger partial charge >= 0.3 is 5.97 Å². The van der Waals surface area contributed by atoms with Crippen molar-refractivity contribution in [3.05, 3.63) is 29.8 Å². The molecule has 0 unspecified atom stereocenters. The summed E-state index contributed by atoms with van der Waals surface area (Å²) < 4.78 is 11.4.